The number of aliphatic hydroxyl groups is 1. The van der Waals surface area contributed by atoms with Gasteiger partial charge in [0.25, 0.3) is 0 Å². The van der Waals surface area contributed by atoms with E-state index in [0.29, 0.717) is 12.0 Å². The SMILES string of the molecule is COc1ccc(C2[NH2+]CCC3(O)CCCCC23)cc1.[Cl-]. The van der Waals surface area contributed by atoms with Gasteiger partial charge in [-0.1, -0.05) is 12.8 Å². The fraction of sp³-hybridized carbons (Fsp3) is 0.625. The highest BCUT2D eigenvalue weighted by molar-refractivity contribution is 5.29. The summed E-state index contributed by atoms with van der Waals surface area (Å²) in [4.78, 5) is 0. The van der Waals surface area contributed by atoms with Crippen molar-refractivity contribution in [3.63, 3.8) is 0 Å². The van der Waals surface area contributed by atoms with Crippen LogP contribution in [0.4, 0.5) is 0 Å². The van der Waals surface area contributed by atoms with Gasteiger partial charge in [-0.3, -0.25) is 0 Å². The van der Waals surface area contributed by atoms with Gasteiger partial charge in [0.1, 0.15) is 11.8 Å². The van der Waals surface area contributed by atoms with Gasteiger partial charge in [0.2, 0.25) is 0 Å². The van der Waals surface area contributed by atoms with Crippen LogP contribution in [0.2, 0.25) is 0 Å². The molecule has 0 radical (unpaired) electrons. The van der Waals surface area contributed by atoms with E-state index in [1.165, 1.54) is 18.4 Å². The van der Waals surface area contributed by atoms with Crippen molar-refractivity contribution in [2.24, 2.45) is 5.92 Å². The van der Waals surface area contributed by atoms with E-state index in [0.717, 1.165) is 31.6 Å². The van der Waals surface area contributed by atoms with E-state index < -0.39 is 5.60 Å². The smallest absolute Gasteiger partial charge is 0.118 e. The number of rotatable bonds is 2. The Balaban J connectivity index is 0.00000147. The molecule has 0 bridgehead atoms. The summed E-state index contributed by atoms with van der Waals surface area (Å²) in [5.74, 6) is 1.31. The minimum atomic E-state index is -0.419. The zero-order valence-corrected chi connectivity index (χ0v) is 12.8. The summed E-state index contributed by atoms with van der Waals surface area (Å²) in [6, 6.07) is 8.77. The first-order valence-electron chi connectivity index (χ1n) is 7.42. The zero-order valence-electron chi connectivity index (χ0n) is 12.0. The van der Waals surface area contributed by atoms with Crippen molar-refractivity contribution >= 4 is 0 Å². The Kier molecular flexibility index (Phi) is 4.95. The molecular weight excluding hydrogens is 274 g/mol. The van der Waals surface area contributed by atoms with Gasteiger partial charge in [0.05, 0.1) is 19.3 Å². The maximum Gasteiger partial charge on any atom is 0.118 e. The minimum absolute atomic E-state index is 0. The number of benzene rings is 1. The van der Waals surface area contributed by atoms with Crippen molar-refractivity contribution in [1.29, 1.82) is 0 Å². The van der Waals surface area contributed by atoms with E-state index in [-0.39, 0.29) is 12.4 Å². The molecule has 112 valence electrons. The molecule has 20 heavy (non-hydrogen) atoms. The van der Waals surface area contributed by atoms with E-state index in [1.807, 2.05) is 12.1 Å². The van der Waals surface area contributed by atoms with E-state index in [1.54, 1.807) is 7.11 Å². The molecule has 0 spiro atoms. The van der Waals surface area contributed by atoms with Crippen LogP contribution in [0, 0.1) is 5.92 Å². The molecule has 1 saturated heterocycles. The molecule has 1 aliphatic heterocycles. The van der Waals surface area contributed by atoms with Crippen molar-refractivity contribution in [2.45, 2.75) is 43.7 Å². The lowest BCUT2D eigenvalue weighted by molar-refractivity contribution is -0.719. The second kappa shape index (κ2) is 6.33. The normalized spacial score (nSPS) is 32.9. The number of fused-ring (bicyclic) bond motifs is 1. The second-order valence-electron chi connectivity index (χ2n) is 6.03. The van der Waals surface area contributed by atoms with Crippen LogP contribution >= 0.6 is 0 Å². The minimum Gasteiger partial charge on any atom is -1.00 e. The lowest BCUT2D eigenvalue weighted by Gasteiger charge is -2.46. The van der Waals surface area contributed by atoms with Crippen LogP contribution in [0.3, 0.4) is 0 Å². The molecule has 0 amide bonds. The first-order chi connectivity index (χ1) is 9.23. The van der Waals surface area contributed by atoms with Crippen LogP contribution in [0.15, 0.2) is 24.3 Å². The van der Waals surface area contributed by atoms with Crippen molar-refractivity contribution in [3.05, 3.63) is 29.8 Å². The molecule has 3 atom stereocenters. The molecule has 3 unspecified atom stereocenters. The Morgan fingerprint density at radius 1 is 1.20 bits per heavy atom. The van der Waals surface area contributed by atoms with E-state index >= 15 is 0 Å². The molecule has 1 heterocycles. The number of nitrogens with two attached hydrogens (primary N) is 1. The molecule has 3 rings (SSSR count). The van der Waals surface area contributed by atoms with Crippen molar-refractivity contribution < 1.29 is 27.6 Å². The number of halogens is 1. The van der Waals surface area contributed by atoms with E-state index in [4.69, 9.17) is 4.74 Å². The van der Waals surface area contributed by atoms with E-state index in [2.05, 4.69) is 17.4 Å². The molecule has 0 aromatic heterocycles. The van der Waals surface area contributed by atoms with Gasteiger partial charge in [-0.15, -0.1) is 0 Å². The number of ether oxygens (including phenoxy) is 1. The summed E-state index contributed by atoms with van der Waals surface area (Å²) < 4.78 is 5.22. The third-order valence-electron chi connectivity index (χ3n) is 5.00. The fourth-order valence-electron chi connectivity index (χ4n) is 3.95. The average Bonchev–Trinajstić information content (AvgIpc) is 2.46. The van der Waals surface area contributed by atoms with Gasteiger partial charge in [0, 0.05) is 17.9 Å². The molecule has 1 aliphatic carbocycles. The molecule has 1 saturated carbocycles. The summed E-state index contributed by atoms with van der Waals surface area (Å²) in [6.45, 7) is 1.03. The van der Waals surface area contributed by atoms with Gasteiger partial charge < -0.3 is 27.6 Å². The van der Waals surface area contributed by atoms with Gasteiger partial charge in [-0.05, 0) is 37.1 Å². The molecule has 1 aromatic carbocycles. The largest absolute Gasteiger partial charge is 1.00 e. The Bertz CT molecular complexity index is 433. The number of hydrogen-bond donors (Lipinski definition) is 2. The molecule has 3 nitrogen and oxygen atoms in total. The fourth-order valence-corrected chi connectivity index (χ4v) is 3.95. The lowest BCUT2D eigenvalue weighted by atomic mass is 9.67. The first-order valence-corrected chi connectivity index (χ1v) is 7.42. The number of quaternary nitrogens is 1. The van der Waals surface area contributed by atoms with Gasteiger partial charge in [-0.2, -0.15) is 0 Å². The highest BCUT2D eigenvalue weighted by Gasteiger charge is 2.48. The molecule has 3 N–H and O–H groups in total. The molecule has 4 heteroatoms. The first kappa shape index (κ1) is 15.6. The quantitative estimate of drug-likeness (QED) is 0.707. The summed E-state index contributed by atoms with van der Waals surface area (Å²) in [6.07, 6.45) is 5.53. The summed E-state index contributed by atoms with van der Waals surface area (Å²) in [7, 11) is 1.70. The highest BCUT2D eigenvalue weighted by atomic mass is 35.5. The van der Waals surface area contributed by atoms with E-state index in [9.17, 15) is 5.11 Å². The Morgan fingerprint density at radius 2 is 1.95 bits per heavy atom. The predicted molar refractivity (Wildman–Crippen MR) is 74.1 cm³/mol. The lowest BCUT2D eigenvalue weighted by Crippen LogP contribution is -3.00. The Morgan fingerprint density at radius 3 is 2.65 bits per heavy atom. The standard InChI is InChI=1S/C16H23NO2.ClH/c1-19-13-7-5-12(6-8-13)15-14-4-2-3-9-16(14,18)10-11-17-15;/h5-8,14-15,17-18H,2-4,9-11H2,1H3;1H. The van der Waals surface area contributed by atoms with Crippen LogP contribution in [0.5, 0.6) is 5.75 Å². The van der Waals surface area contributed by atoms with Crippen LogP contribution < -0.4 is 22.5 Å². The third kappa shape index (κ3) is 2.80. The molecule has 2 fully saturated rings. The van der Waals surface area contributed by atoms with Crippen LogP contribution in [0.25, 0.3) is 0 Å². The number of methoxy groups -OCH3 is 1. The van der Waals surface area contributed by atoms with Crippen molar-refractivity contribution in [3.8, 4) is 5.75 Å². The summed E-state index contributed by atoms with van der Waals surface area (Å²) in [5.41, 5.74) is 0.906. The summed E-state index contributed by atoms with van der Waals surface area (Å²) in [5, 5.41) is 13.3. The van der Waals surface area contributed by atoms with Gasteiger partial charge in [-0.25, -0.2) is 0 Å². The van der Waals surface area contributed by atoms with Crippen LogP contribution in [-0.4, -0.2) is 24.4 Å². The van der Waals surface area contributed by atoms with Crippen molar-refractivity contribution in [1.82, 2.24) is 0 Å². The topological polar surface area (TPSA) is 46.1 Å². The number of piperidine rings is 1. The Labute approximate surface area is 127 Å². The zero-order chi connectivity index (χ0) is 13.3. The number of hydrogen-bond acceptors (Lipinski definition) is 2. The Hall–Kier alpha value is -0.770. The monoisotopic (exact) mass is 297 g/mol. The molecule has 1 aromatic rings. The van der Waals surface area contributed by atoms with Crippen LogP contribution in [0.1, 0.15) is 43.7 Å². The highest BCUT2D eigenvalue weighted by Crippen LogP contribution is 2.43. The molecular formula is C16H24ClNO2. The molecule has 2 aliphatic rings. The maximum absolute atomic E-state index is 10.9. The van der Waals surface area contributed by atoms with Crippen molar-refractivity contribution in [2.75, 3.05) is 13.7 Å². The summed E-state index contributed by atoms with van der Waals surface area (Å²) >= 11 is 0. The van der Waals surface area contributed by atoms with Crippen LogP contribution in [-0.2, 0) is 0 Å². The maximum atomic E-state index is 10.9. The average molecular weight is 298 g/mol. The predicted octanol–water partition coefficient (Wildman–Crippen LogP) is -1.37. The third-order valence-corrected chi connectivity index (χ3v) is 5.00. The van der Waals surface area contributed by atoms with Gasteiger partial charge >= 0.3 is 0 Å². The van der Waals surface area contributed by atoms with Gasteiger partial charge in [0.15, 0.2) is 0 Å². The second-order valence-corrected chi connectivity index (χ2v) is 6.03.